The molecule has 0 aliphatic carbocycles. The lowest BCUT2D eigenvalue weighted by molar-refractivity contribution is -0.142. The molecule has 0 atom stereocenters. The molecule has 0 aromatic carbocycles. The summed E-state index contributed by atoms with van der Waals surface area (Å²) in [5.74, 6) is -0.903. The van der Waals surface area contributed by atoms with E-state index in [4.69, 9.17) is 0 Å². The maximum absolute atomic E-state index is 10.9. The summed E-state index contributed by atoms with van der Waals surface area (Å²) >= 11 is 3.95. The summed E-state index contributed by atoms with van der Waals surface area (Å²) in [5, 5.41) is 0. The number of carbonyl (C=O) groups excluding carboxylic acids is 2. The molecule has 0 rings (SSSR count). The average molecular weight is 218 g/mol. The van der Waals surface area contributed by atoms with Crippen LogP contribution < -0.4 is 0 Å². The SMILES string of the molecule is CCOC(=O)/C=C(\S)CC(=O)OCC. The summed E-state index contributed by atoms with van der Waals surface area (Å²) in [6.07, 6.45) is 1.17. The molecule has 0 aliphatic rings. The third kappa shape index (κ3) is 6.54. The lowest BCUT2D eigenvalue weighted by Gasteiger charge is -2.01. The van der Waals surface area contributed by atoms with E-state index in [9.17, 15) is 9.59 Å². The third-order valence-corrected chi connectivity index (χ3v) is 1.49. The molecule has 0 spiro atoms. The Morgan fingerprint density at radius 2 is 1.79 bits per heavy atom. The Balaban J connectivity index is 3.99. The van der Waals surface area contributed by atoms with Crippen LogP contribution in [0.1, 0.15) is 20.3 Å². The van der Waals surface area contributed by atoms with Gasteiger partial charge in [0.05, 0.1) is 19.6 Å². The van der Waals surface area contributed by atoms with Crippen molar-refractivity contribution in [2.24, 2.45) is 0 Å². The average Bonchev–Trinajstić information content (AvgIpc) is 2.03. The Morgan fingerprint density at radius 1 is 1.21 bits per heavy atom. The fourth-order valence-corrected chi connectivity index (χ4v) is 0.965. The second kappa shape index (κ2) is 7.44. The van der Waals surface area contributed by atoms with Crippen molar-refractivity contribution in [1.82, 2.24) is 0 Å². The zero-order valence-corrected chi connectivity index (χ0v) is 9.17. The molecule has 0 aromatic rings. The van der Waals surface area contributed by atoms with Crippen molar-refractivity contribution in [3.8, 4) is 0 Å². The molecule has 0 fully saturated rings. The number of ether oxygens (including phenoxy) is 2. The van der Waals surface area contributed by atoms with Gasteiger partial charge in [0.25, 0.3) is 0 Å². The molecule has 0 bridgehead atoms. The summed E-state index contributed by atoms with van der Waals surface area (Å²) < 4.78 is 9.31. The largest absolute Gasteiger partial charge is 0.466 e. The molecule has 80 valence electrons. The van der Waals surface area contributed by atoms with E-state index in [-0.39, 0.29) is 6.42 Å². The number of hydrogen-bond acceptors (Lipinski definition) is 5. The Labute approximate surface area is 88.7 Å². The van der Waals surface area contributed by atoms with Gasteiger partial charge in [-0.2, -0.15) is 0 Å². The van der Waals surface area contributed by atoms with E-state index in [1.54, 1.807) is 13.8 Å². The van der Waals surface area contributed by atoms with Crippen LogP contribution in [-0.2, 0) is 19.1 Å². The molecule has 0 radical (unpaired) electrons. The molecule has 0 unspecified atom stereocenters. The summed E-state index contributed by atoms with van der Waals surface area (Å²) in [7, 11) is 0. The van der Waals surface area contributed by atoms with Gasteiger partial charge in [-0.05, 0) is 18.8 Å². The van der Waals surface area contributed by atoms with E-state index >= 15 is 0 Å². The molecule has 0 aromatic heterocycles. The van der Waals surface area contributed by atoms with E-state index in [0.717, 1.165) is 0 Å². The van der Waals surface area contributed by atoms with E-state index in [2.05, 4.69) is 22.1 Å². The first-order valence-electron chi connectivity index (χ1n) is 4.32. The molecule has 0 N–H and O–H groups in total. The first-order chi connectivity index (χ1) is 6.60. The normalized spacial score (nSPS) is 10.9. The van der Waals surface area contributed by atoms with Crippen molar-refractivity contribution in [2.45, 2.75) is 20.3 Å². The Kier molecular flexibility index (Phi) is 6.92. The highest BCUT2D eigenvalue weighted by Gasteiger charge is 2.05. The van der Waals surface area contributed by atoms with Crippen LogP contribution >= 0.6 is 12.6 Å². The van der Waals surface area contributed by atoms with Crippen molar-refractivity contribution in [2.75, 3.05) is 13.2 Å². The van der Waals surface area contributed by atoms with Crippen LogP contribution in [0.2, 0.25) is 0 Å². The minimum Gasteiger partial charge on any atom is -0.466 e. The molecule has 0 aliphatic heterocycles. The number of thiol groups is 1. The molecule has 14 heavy (non-hydrogen) atoms. The smallest absolute Gasteiger partial charge is 0.331 e. The maximum atomic E-state index is 10.9. The zero-order chi connectivity index (χ0) is 11.0. The second-order valence-electron chi connectivity index (χ2n) is 2.37. The first-order valence-corrected chi connectivity index (χ1v) is 4.76. The van der Waals surface area contributed by atoms with Crippen molar-refractivity contribution in [1.29, 1.82) is 0 Å². The van der Waals surface area contributed by atoms with Crippen LogP contribution in [0.3, 0.4) is 0 Å². The zero-order valence-electron chi connectivity index (χ0n) is 8.28. The number of rotatable bonds is 5. The molecule has 5 heteroatoms. The summed E-state index contributed by atoms with van der Waals surface area (Å²) in [6, 6.07) is 0. The standard InChI is InChI=1S/C9H14O4S/c1-3-12-8(10)5-7(14)6-9(11)13-4-2/h5,14H,3-4,6H2,1-2H3/b7-5-. The molecule has 4 nitrogen and oxygen atoms in total. The van der Waals surface area contributed by atoms with Crippen LogP contribution in [0, 0.1) is 0 Å². The van der Waals surface area contributed by atoms with Gasteiger partial charge in [0.2, 0.25) is 0 Å². The highest BCUT2D eigenvalue weighted by atomic mass is 32.1. The molecular weight excluding hydrogens is 204 g/mol. The predicted molar refractivity (Wildman–Crippen MR) is 55.0 cm³/mol. The van der Waals surface area contributed by atoms with Crippen molar-refractivity contribution < 1.29 is 19.1 Å². The van der Waals surface area contributed by atoms with Crippen molar-refractivity contribution in [3.63, 3.8) is 0 Å². The molecule has 0 amide bonds. The van der Waals surface area contributed by atoms with Crippen LogP contribution in [0.15, 0.2) is 11.0 Å². The van der Waals surface area contributed by atoms with Gasteiger partial charge in [0.1, 0.15) is 0 Å². The lowest BCUT2D eigenvalue weighted by Crippen LogP contribution is -2.05. The van der Waals surface area contributed by atoms with Crippen molar-refractivity contribution >= 4 is 24.6 Å². The molecule has 0 heterocycles. The summed E-state index contributed by atoms with van der Waals surface area (Å²) in [4.78, 5) is 22.2. The van der Waals surface area contributed by atoms with Crippen molar-refractivity contribution in [3.05, 3.63) is 11.0 Å². The molecular formula is C9H14O4S. The fourth-order valence-electron chi connectivity index (χ4n) is 0.731. The van der Waals surface area contributed by atoms with Gasteiger partial charge in [-0.15, -0.1) is 12.6 Å². The van der Waals surface area contributed by atoms with Crippen LogP contribution in [0.4, 0.5) is 0 Å². The van der Waals surface area contributed by atoms with Gasteiger partial charge in [0.15, 0.2) is 0 Å². The van der Waals surface area contributed by atoms with Crippen LogP contribution in [-0.4, -0.2) is 25.2 Å². The lowest BCUT2D eigenvalue weighted by atomic mass is 10.3. The predicted octanol–water partition coefficient (Wildman–Crippen LogP) is 1.32. The van der Waals surface area contributed by atoms with Gasteiger partial charge in [-0.1, -0.05) is 0 Å². The van der Waals surface area contributed by atoms with Gasteiger partial charge < -0.3 is 9.47 Å². The Bertz CT molecular complexity index is 235. The van der Waals surface area contributed by atoms with E-state index in [1.807, 2.05) is 0 Å². The number of hydrogen-bond donors (Lipinski definition) is 1. The van der Waals surface area contributed by atoms with Crippen LogP contribution in [0.25, 0.3) is 0 Å². The minimum atomic E-state index is -0.498. The number of esters is 2. The van der Waals surface area contributed by atoms with Gasteiger partial charge in [-0.3, -0.25) is 4.79 Å². The second-order valence-corrected chi connectivity index (χ2v) is 2.94. The fraction of sp³-hybridized carbons (Fsp3) is 0.556. The maximum Gasteiger partial charge on any atom is 0.331 e. The highest BCUT2D eigenvalue weighted by Crippen LogP contribution is 2.07. The first kappa shape index (κ1) is 13.0. The molecule has 0 saturated heterocycles. The van der Waals surface area contributed by atoms with Crippen LogP contribution in [0.5, 0.6) is 0 Å². The van der Waals surface area contributed by atoms with Gasteiger partial charge >= 0.3 is 11.9 Å². The quantitative estimate of drug-likeness (QED) is 0.429. The number of carbonyl (C=O) groups is 2. The van der Waals surface area contributed by atoms with E-state index in [1.165, 1.54) is 6.08 Å². The summed E-state index contributed by atoms with van der Waals surface area (Å²) in [6.45, 7) is 4.04. The monoisotopic (exact) mass is 218 g/mol. The minimum absolute atomic E-state index is 0.00420. The van der Waals surface area contributed by atoms with Gasteiger partial charge in [-0.25, -0.2) is 4.79 Å². The van der Waals surface area contributed by atoms with E-state index < -0.39 is 11.9 Å². The van der Waals surface area contributed by atoms with E-state index in [0.29, 0.717) is 18.1 Å². The Hall–Kier alpha value is -0.970. The molecule has 0 saturated carbocycles. The third-order valence-electron chi connectivity index (χ3n) is 1.20. The van der Waals surface area contributed by atoms with Gasteiger partial charge in [0, 0.05) is 6.08 Å². The topological polar surface area (TPSA) is 52.6 Å². The summed E-state index contributed by atoms with van der Waals surface area (Å²) in [5.41, 5.74) is 0. The highest BCUT2D eigenvalue weighted by molar-refractivity contribution is 7.84. The Morgan fingerprint density at radius 3 is 2.29 bits per heavy atom.